The van der Waals surface area contributed by atoms with E-state index in [2.05, 4.69) is 55.8 Å². The van der Waals surface area contributed by atoms with Crippen LogP contribution in [-0.4, -0.2) is 78.7 Å². The number of pyridine rings is 2. The van der Waals surface area contributed by atoms with Gasteiger partial charge in [-0.25, -0.2) is 52.3 Å². The summed E-state index contributed by atoms with van der Waals surface area (Å²) in [5.74, 6) is 0.342. The number of carbonyl (C=O) groups excluding carboxylic acids is 1. The van der Waals surface area contributed by atoms with Gasteiger partial charge in [0.1, 0.15) is 63.2 Å². The summed E-state index contributed by atoms with van der Waals surface area (Å²) in [4.78, 5) is 49.0. The first-order valence-corrected chi connectivity index (χ1v) is 21.7. The number of ether oxygens (including phenoxy) is 1. The number of hydrogen-bond donors (Lipinski definition) is 0. The molecule has 8 aromatic rings. The molecular weight excluding hydrogens is 918 g/mol. The lowest BCUT2D eigenvalue weighted by Gasteiger charge is -2.29. The van der Waals surface area contributed by atoms with Gasteiger partial charge in [-0.2, -0.15) is 0 Å². The second-order valence-corrected chi connectivity index (χ2v) is 17.7. The minimum atomic E-state index is -0.560. The molecule has 1 aliphatic heterocycles. The van der Waals surface area contributed by atoms with Crippen LogP contribution in [0.3, 0.4) is 0 Å². The fourth-order valence-corrected chi connectivity index (χ4v) is 7.98. The van der Waals surface area contributed by atoms with Gasteiger partial charge in [0.25, 0.3) is 0 Å². The summed E-state index contributed by atoms with van der Waals surface area (Å²) in [5, 5.41) is 0. The second kappa shape index (κ2) is 18.5. The molecule has 0 N–H and O–H groups in total. The molecule has 0 saturated carbocycles. The van der Waals surface area contributed by atoms with E-state index in [9.17, 15) is 18.0 Å². The van der Waals surface area contributed by atoms with Crippen molar-refractivity contribution >= 4 is 49.9 Å². The number of benzene rings is 2. The lowest BCUT2D eigenvalue weighted by atomic mass is 9.98. The Morgan fingerprint density at radius 3 is 1.64 bits per heavy atom. The number of nitrogens with zero attached hydrogens (tertiary/aromatic N) is 11. The van der Waals surface area contributed by atoms with Crippen molar-refractivity contribution in [3.8, 4) is 22.8 Å². The van der Waals surface area contributed by atoms with Gasteiger partial charge in [-0.1, -0.05) is 40.2 Å². The Labute approximate surface area is 385 Å². The van der Waals surface area contributed by atoms with Gasteiger partial charge in [-0.15, -0.1) is 0 Å². The highest BCUT2D eigenvalue weighted by molar-refractivity contribution is 9.10. The fourth-order valence-electron chi connectivity index (χ4n) is 7.65. The molecule has 18 heteroatoms. The largest absolute Gasteiger partial charge is 0.444 e. The van der Waals surface area contributed by atoms with E-state index in [0.29, 0.717) is 103 Å². The Bertz CT molecular complexity index is 3200. The van der Waals surface area contributed by atoms with Crippen molar-refractivity contribution in [2.24, 2.45) is 0 Å². The Kier molecular flexibility index (Phi) is 12.8. The average Bonchev–Trinajstić information content (AvgIpc) is 3.80. The van der Waals surface area contributed by atoms with Crippen molar-refractivity contribution in [3.63, 3.8) is 0 Å². The molecule has 0 saturated heterocycles. The third kappa shape index (κ3) is 9.97. The third-order valence-corrected chi connectivity index (χ3v) is 11.1. The Balaban J connectivity index is 0.000000192. The Morgan fingerprint density at radius 1 is 0.667 bits per heavy atom. The van der Waals surface area contributed by atoms with Crippen LogP contribution in [0.15, 0.2) is 83.9 Å². The molecule has 0 unspecified atom stereocenters. The number of fused-ring (bicyclic) bond motifs is 2. The summed E-state index contributed by atoms with van der Waals surface area (Å²) in [6.45, 7) is 14.0. The standard InChI is InChI=1S/C29H30F2N6O2.C19H14BrF2N5/c1-17-25-27(34-18(2)33-17)37(26(35-25)22-12-23(30)15-32-14-22)16-21-7-6-20(13-24(21)31)19-8-10-36(11-9-19)28(38)39-29(3,4)5;1-10-17-19(25-11(2)24-10)27(9-12-3-4-14(20)6-16(12)22)18(26-17)13-5-15(21)8-23-7-13/h6-8,12-15H,9-11,16H2,1-5H3;3-8H,9H2,1-2H3. The molecule has 0 fully saturated rings. The molecule has 0 bridgehead atoms. The van der Waals surface area contributed by atoms with Crippen LogP contribution < -0.4 is 0 Å². The molecule has 13 nitrogen and oxygen atoms in total. The molecule has 1 amide bonds. The lowest BCUT2D eigenvalue weighted by molar-refractivity contribution is 0.0270. The van der Waals surface area contributed by atoms with Gasteiger partial charge in [-0.05, 0) is 96.4 Å². The van der Waals surface area contributed by atoms with E-state index in [1.165, 1.54) is 36.7 Å². The normalized spacial score (nSPS) is 12.9. The van der Waals surface area contributed by atoms with Gasteiger partial charge < -0.3 is 18.8 Å². The van der Waals surface area contributed by atoms with Crippen LogP contribution >= 0.6 is 15.9 Å². The van der Waals surface area contributed by atoms with Gasteiger partial charge in [0.05, 0.1) is 36.9 Å². The number of imidazole rings is 2. The van der Waals surface area contributed by atoms with Crippen molar-refractivity contribution in [1.82, 2.24) is 53.9 Å². The van der Waals surface area contributed by atoms with Crippen LogP contribution in [0.5, 0.6) is 0 Å². The summed E-state index contributed by atoms with van der Waals surface area (Å²) >= 11 is 3.26. The number of amides is 1. The summed E-state index contributed by atoms with van der Waals surface area (Å²) in [6.07, 6.45) is 7.46. The van der Waals surface area contributed by atoms with E-state index in [1.54, 1.807) is 46.1 Å². The molecule has 0 spiro atoms. The molecule has 66 heavy (non-hydrogen) atoms. The molecule has 2 aromatic carbocycles. The molecule has 338 valence electrons. The van der Waals surface area contributed by atoms with Crippen LogP contribution in [0.4, 0.5) is 22.4 Å². The van der Waals surface area contributed by atoms with Crippen molar-refractivity contribution in [3.05, 3.63) is 147 Å². The minimum absolute atomic E-state index is 0.135. The first-order valence-electron chi connectivity index (χ1n) is 20.9. The highest BCUT2D eigenvalue weighted by Gasteiger charge is 2.25. The Hall–Kier alpha value is -6.95. The van der Waals surface area contributed by atoms with Gasteiger partial charge in [0.15, 0.2) is 11.3 Å². The SMILES string of the molecule is Cc1nc(C)c2nc(-c3cncc(F)c3)n(Cc3ccc(Br)cc3F)c2n1.Cc1nc(C)c2nc(-c3cncc(F)c3)n(Cc3ccc(C4=CCN(C(=O)OC(C)(C)C)CC4)cc3F)c2n1. The zero-order valence-corrected chi connectivity index (χ0v) is 38.8. The van der Waals surface area contributed by atoms with Crippen LogP contribution in [0.25, 0.3) is 50.7 Å². The van der Waals surface area contributed by atoms with Crippen molar-refractivity contribution in [2.75, 3.05) is 13.1 Å². The molecule has 0 radical (unpaired) electrons. The molecule has 9 rings (SSSR count). The van der Waals surface area contributed by atoms with Gasteiger partial charge >= 0.3 is 6.09 Å². The summed E-state index contributed by atoms with van der Waals surface area (Å²) in [7, 11) is 0. The average molecular weight is 963 g/mol. The zero-order chi connectivity index (χ0) is 47.0. The smallest absolute Gasteiger partial charge is 0.410 e. The molecule has 7 heterocycles. The third-order valence-electron chi connectivity index (χ3n) is 10.6. The molecule has 6 aromatic heterocycles. The van der Waals surface area contributed by atoms with E-state index >= 15 is 4.39 Å². The minimum Gasteiger partial charge on any atom is -0.444 e. The molecule has 1 aliphatic rings. The number of aromatic nitrogens is 10. The summed E-state index contributed by atoms with van der Waals surface area (Å²) in [6, 6.07) is 12.7. The number of hydrogen-bond acceptors (Lipinski definition) is 10. The van der Waals surface area contributed by atoms with Crippen molar-refractivity contribution in [2.45, 2.75) is 73.6 Å². The molecule has 0 aliphatic carbocycles. The maximum atomic E-state index is 15.5. The number of carbonyl (C=O) groups is 1. The maximum Gasteiger partial charge on any atom is 0.410 e. The van der Waals surface area contributed by atoms with Crippen LogP contribution in [0.1, 0.15) is 66.9 Å². The Morgan fingerprint density at radius 2 is 1.18 bits per heavy atom. The number of aryl methyl sites for hydroxylation is 4. The quantitative estimate of drug-likeness (QED) is 0.142. The second-order valence-electron chi connectivity index (χ2n) is 16.8. The van der Waals surface area contributed by atoms with Gasteiger partial charge in [-0.3, -0.25) is 9.97 Å². The first kappa shape index (κ1) is 45.6. The van der Waals surface area contributed by atoms with Gasteiger partial charge in [0.2, 0.25) is 0 Å². The topological polar surface area (TPSA) is 143 Å². The van der Waals surface area contributed by atoms with Crippen LogP contribution in [-0.2, 0) is 17.8 Å². The highest BCUT2D eigenvalue weighted by atomic mass is 79.9. The first-order chi connectivity index (χ1) is 31.4. The van der Waals surface area contributed by atoms with Crippen LogP contribution in [0.2, 0.25) is 0 Å². The number of halogens is 5. The predicted octanol–water partition coefficient (Wildman–Crippen LogP) is 10.4. The maximum absolute atomic E-state index is 15.5. The zero-order valence-electron chi connectivity index (χ0n) is 37.2. The van der Waals surface area contributed by atoms with E-state index in [0.717, 1.165) is 23.5 Å². The van der Waals surface area contributed by atoms with Crippen molar-refractivity contribution in [1.29, 1.82) is 0 Å². The summed E-state index contributed by atoms with van der Waals surface area (Å²) in [5.41, 5.74) is 6.69. The lowest BCUT2D eigenvalue weighted by Crippen LogP contribution is -2.39. The predicted molar refractivity (Wildman–Crippen MR) is 245 cm³/mol. The van der Waals surface area contributed by atoms with E-state index < -0.39 is 17.2 Å². The summed E-state index contributed by atoms with van der Waals surface area (Å²) < 4.78 is 67.3. The molecular formula is C48H44BrF4N11O2. The van der Waals surface area contributed by atoms with E-state index in [-0.39, 0.29) is 30.8 Å². The fraction of sp³-hybridized carbons (Fsp3) is 0.271. The van der Waals surface area contributed by atoms with E-state index in [1.807, 2.05) is 46.8 Å². The monoisotopic (exact) mass is 961 g/mol. The van der Waals surface area contributed by atoms with E-state index in [4.69, 9.17) is 4.74 Å². The van der Waals surface area contributed by atoms with Crippen LogP contribution in [0, 0.1) is 51.0 Å². The number of rotatable bonds is 7. The molecule has 0 atom stereocenters. The highest BCUT2D eigenvalue weighted by Crippen LogP contribution is 2.31. The van der Waals surface area contributed by atoms with Gasteiger partial charge in [0, 0.05) is 52.2 Å². The van der Waals surface area contributed by atoms with Crippen molar-refractivity contribution < 1.29 is 27.1 Å².